The number of nitrogens with zero attached hydrogens (tertiary/aromatic N) is 2. The van der Waals surface area contributed by atoms with Gasteiger partial charge in [0.2, 0.25) is 0 Å². The van der Waals surface area contributed by atoms with Crippen molar-refractivity contribution in [1.82, 2.24) is 0 Å². The molecule has 0 aliphatic carbocycles. The van der Waals surface area contributed by atoms with Crippen molar-refractivity contribution in [2.24, 2.45) is 0 Å². The predicted molar refractivity (Wildman–Crippen MR) is 84.3 cm³/mol. The summed E-state index contributed by atoms with van der Waals surface area (Å²) in [6.07, 6.45) is 1.71. The highest BCUT2D eigenvalue weighted by molar-refractivity contribution is 7.16. The van der Waals surface area contributed by atoms with Gasteiger partial charge in [-0.15, -0.1) is 11.3 Å². The average molecular weight is 301 g/mol. The van der Waals surface area contributed by atoms with Gasteiger partial charge in [0.05, 0.1) is 10.6 Å². The third-order valence-electron chi connectivity index (χ3n) is 3.31. The standard InChI is InChI=1S/C15H15N3O2S/c1-3-4-12-14(17)13(8-16)21-15(12)11-6-5-10(18(19)20)7-9(11)2/h5-7H,3-4,17H2,1-2H3. The number of benzene rings is 1. The highest BCUT2D eigenvalue weighted by Crippen LogP contribution is 2.41. The maximum atomic E-state index is 10.8. The Morgan fingerprint density at radius 1 is 1.48 bits per heavy atom. The molecular formula is C15H15N3O2S. The molecule has 6 heteroatoms. The van der Waals surface area contributed by atoms with Crippen LogP contribution in [-0.2, 0) is 6.42 Å². The number of aryl methyl sites for hydroxylation is 1. The summed E-state index contributed by atoms with van der Waals surface area (Å²) in [4.78, 5) is 11.9. The Morgan fingerprint density at radius 2 is 2.19 bits per heavy atom. The number of nitrogen functional groups attached to an aromatic ring is 1. The van der Waals surface area contributed by atoms with Crippen LogP contribution in [0.3, 0.4) is 0 Å². The molecule has 21 heavy (non-hydrogen) atoms. The molecular weight excluding hydrogens is 286 g/mol. The van der Waals surface area contributed by atoms with E-state index in [0.29, 0.717) is 10.6 Å². The second kappa shape index (κ2) is 5.94. The van der Waals surface area contributed by atoms with E-state index in [0.717, 1.165) is 34.4 Å². The van der Waals surface area contributed by atoms with E-state index in [4.69, 9.17) is 11.0 Å². The van der Waals surface area contributed by atoms with Crippen LogP contribution >= 0.6 is 11.3 Å². The summed E-state index contributed by atoms with van der Waals surface area (Å²) in [5, 5.41) is 20.0. The van der Waals surface area contributed by atoms with E-state index < -0.39 is 4.92 Å². The van der Waals surface area contributed by atoms with Gasteiger partial charge in [-0.3, -0.25) is 10.1 Å². The Kier molecular flexibility index (Phi) is 4.24. The summed E-state index contributed by atoms with van der Waals surface area (Å²) in [7, 11) is 0. The zero-order valence-electron chi connectivity index (χ0n) is 11.8. The zero-order chi connectivity index (χ0) is 15.6. The lowest BCUT2D eigenvalue weighted by atomic mass is 10.0. The SMILES string of the molecule is CCCc1c(-c2ccc([N+](=O)[O-])cc2C)sc(C#N)c1N. The van der Waals surface area contributed by atoms with Crippen LogP contribution in [0.2, 0.25) is 0 Å². The van der Waals surface area contributed by atoms with E-state index in [1.165, 1.54) is 17.4 Å². The Morgan fingerprint density at radius 3 is 2.71 bits per heavy atom. The van der Waals surface area contributed by atoms with Crippen LogP contribution in [0.15, 0.2) is 18.2 Å². The van der Waals surface area contributed by atoms with Crippen LogP contribution in [0.5, 0.6) is 0 Å². The van der Waals surface area contributed by atoms with Gasteiger partial charge in [-0.05, 0) is 36.1 Å². The largest absolute Gasteiger partial charge is 0.397 e. The number of thiophene rings is 1. The molecule has 0 amide bonds. The fraction of sp³-hybridized carbons (Fsp3) is 0.267. The quantitative estimate of drug-likeness (QED) is 0.681. The molecule has 1 heterocycles. The number of nitrogens with two attached hydrogens (primary N) is 1. The molecule has 1 aromatic carbocycles. The fourth-order valence-electron chi connectivity index (χ4n) is 2.29. The molecule has 0 saturated heterocycles. The minimum atomic E-state index is -0.409. The lowest BCUT2D eigenvalue weighted by molar-refractivity contribution is -0.384. The minimum absolute atomic E-state index is 0.0679. The number of nitriles is 1. The van der Waals surface area contributed by atoms with Gasteiger partial charge in [0.1, 0.15) is 10.9 Å². The first kappa shape index (κ1) is 15.0. The smallest absolute Gasteiger partial charge is 0.269 e. The van der Waals surface area contributed by atoms with Crippen molar-refractivity contribution in [3.63, 3.8) is 0 Å². The van der Waals surface area contributed by atoms with Gasteiger partial charge in [-0.2, -0.15) is 5.26 Å². The molecule has 0 saturated carbocycles. The molecule has 2 N–H and O–H groups in total. The summed E-state index contributed by atoms with van der Waals surface area (Å²) < 4.78 is 0. The van der Waals surface area contributed by atoms with Gasteiger partial charge in [0, 0.05) is 17.0 Å². The summed E-state index contributed by atoms with van der Waals surface area (Å²) in [6.45, 7) is 3.88. The highest BCUT2D eigenvalue weighted by atomic mass is 32.1. The molecule has 1 aromatic heterocycles. The van der Waals surface area contributed by atoms with Crippen LogP contribution in [0.1, 0.15) is 29.3 Å². The van der Waals surface area contributed by atoms with Gasteiger partial charge < -0.3 is 5.73 Å². The van der Waals surface area contributed by atoms with Crippen molar-refractivity contribution in [2.45, 2.75) is 26.7 Å². The average Bonchev–Trinajstić information content (AvgIpc) is 2.76. The third kappa shape index (κ3) is 2.73. The molecule has 0 spiro atoms. The van der Waals surface area contributed by atoms with E-state index >= 15 is 0 Å². The minimum Gasteiger partial charge on any atom is -0.397 e. The Bertz CT molecular complexity index is 744. The molecule has 0 bridgehead atoms. The third-order valence-corrected chi connectivity index (χ3v) is 4.50. The highest BCUT2D eigenvalue weighted by Gasteiger charge is 2.19. The summed E-state index contributed by atoms with van der Waals surface area (Å²) in [5.41, 5.74) is 9.34. The van der Waals surface area contributed by atoms with Crippen molar-refractivity contribution >= 4 is 22.7 Å². The molecule has 0 aliphatic heterocycles. The van der Waals surface area contributed by atoms with Crippen LogP contribution < -0.4 is 5.73 Å². The second-order valence-corrected chi connectivity index (χ2v) is 5.79. The van der Waals surface area contributed by atoms with Crippen LogP contribution in [0, 0.1) is 28.4 Å². The lowest BCUT2D eigenvalue weighted by Crippen LogP contribution is -1.94. The molecule has 2 rings (SSSR count). The number of nitro groups is 1. The number of rotatable bonds is 4. The first-order chi connectivity index (χ1) is 9.99. The van der Waals surface area contributed by atoms with Crippen molar-refractivity contribution in [3.05, 3.63) is 44.3 Å². The predicted octanol–water partition coefficient (Wildman–Crippen LogP) is 4.04. The van der Waals surface area contributed by atoms with E-state index in [1.807, 2.05) is 6.92 Å². The summed E-state index contributed by atoms with van der Waals surface area (Å²) in [5.74, 6) is 0. The number of nitro benzene ring substituents is 1. The van der Waals surface area contributed by atoms with Gasteiger partial charge in [0.25, 0.3) is 5.69 Å². The van der Waals surface area contributed by atoms with E-state index in [1.54, 1.807) is 12.1 Å². The number of hydrogen-bond acceptors (Lipinski definition) is 5. The van der Waals surface area contributed by atoms with Crippen LogP contribution in [-0.4, -0.2) is 4.92 Å². The molecule has 108 valence electrons. The Labute approximate surface area is 126 Å². The van der Waals surface area contributed by atoms with E-state index in [2.05, 4.69) is 13.0 Å². The van der Waals surface area contributed by atoms with Crippen molar-refractivity contribution in [2.75, 3.05) is 5.73 Å². The monoisotopic (exact) mass is 301 g/mol. The first-order valence-corrected chi connectivity index (χ1v) is 7.37. The van der Waals surface area contributed by atoms with Crippen molar-refractivity contribution < 1.29 is 4.92 Å². The molecule has 0 fully saturated rings. The fourth-order valence-corrected chi connectivity index (χ4v) is 3.45. The van der Waals surface area contributed by atoms with E-state index in [9.17, 15) is 10.1 Å². The zero-order valence-corrected chi connectivity index (χ0v) is 12.7. The second-order valence-electron chi connectivity index (χ2n) is 4.77. The number of anilines is 1. The van der Waals surface area contributed by atoms with Crippen molar-refractivity contribution in [1.29, 1.82) is 5.26 Å². The van der Waals surface area contributed by atoms with E-state index in [-0.39, 0.29) is 5.69 Å². The van der Waals surface area contributed by atoms with Gasteiger partial charge in [0.15, 0.2) is 0 Å². The number of hydrogen-bond donors (Lipinski definition) is 1. The maximum absolute atomic E-state index is 10.8. The maximum Gasteiger partial charge on any atom is 0.269 e. The summed E-state index contributed by atoms with van der Waals surface area (Å²) >= 11 is 1.35. The van der Waals surface area contributed by atoms with Crippen LogP contribution in [0.25, 0.3) is 10.4 Å². The normalized spacial score (nSPS) is 10.3. The molecule has 0 unspecified atom stereocenters. The summed E-state index contributed by atoms with van der Waals surface area (Å²) in [6, 6.07) is 6.89. The number of non-ortho nitro benzene ring substituents is 1. The van der Waals surface area contributed by atoms with Gasteiger partial charge in [-0.25, -0.2) is 0 Å². The van der Waals surface area contributed by atoms with Crippen LogP contribution in [0.4, 0.5) is 11.4 Å². The molecule has 0 atom stereocenters. The Balaban J connectivity index is 2.61. The Hall–Kier alpha value is -2.39. The first-order valence-electron chi connectivity index (χ1n) is 6.56. The van der Waals surface area contributed by atoms with Crippen molar-refractivity contribution in [3.8, 4) is 16.5 Å². The topological polar surface area (TPSA) is 93.0 Å². The molecule has 0 radical (unpaired) electrons. The van der Waals surface area contributed by atoms with Gasteiger partial charge >= 0.3 is 0 Å². The lowest BCUT2D eigenvalue weighted by Gasteiger charge is -2.07. The van der Waals surface area contributed by atoms with Gasteiger partial charge in [-0.1, -0.05) is 13.3 Å². The molecule has 2 aromatic rings. The molecule has 0 aliphatic rings. The molecule has 5 nitrogen and oxygen atoms in total.